The van der Waals surface area contributed by atoms with Gasteiger partial charge in [0.25, 0.3) is 0 Å². The zero-order valence-corrected chi connectivity index (χ0v) is 12.9. The van der Waals surface area contributed by atoms with Crippen LogP contribution < -0.4 is 5.32 Å². The molecule has 1 aliphatic rings. The van der Waals surface area contributed by atoms with Crippen molar-refractivity contribution in [1.82, 2.24) is 15.2 Å². The van der Waals surface area contributed by atoms with Gasteiger partial charge in [-0.1, -0.05) is 12.1 Å². The number of rotatable bonds is 3. The van der Waals surface area contributed by atoms with Crippen LogP contribution in [-0.2, 0) is 12.7 Å². The van der Waals surface area contributed by atoms with Crippen LogP contribution in [0.1, 0.15) is 22.7 Å². The molecule has 1 saturated heterocycles. The normalized spacial score (nSPS) is 19.4. The highest BCUT2D eigenvalue weighted by molar-refractivity contribution is 5.28. The maximum Gasteiger partial charge on any atom is 0.419 e. The first-order valence-corrected chi connectivity index (χ1v) is 7.65. The maximum atomic E-state index is 13.4. The van der Waals surface area contributed by atoms with Crippen molar-refractivity contribution in [3.8, 4) is 0 Å². The quantitative estimate of drug-likeness (QED) is 0.869. The van der Waals surface area contributed by atoms with Crippen LogP contribution in [0.25, 0.3) is 0 Å². The first-order valence-electron chi connectivity index (χ1n) is 7.65. The number of hydrogen-bond donors (Lipinski definition) is 1. The summed E-state index contributed by atoms with van der Waals surface area (Å²) in [6.07, 6.45) is -1.25. The summed E-state index contributed by atoms with van der Waals surface area (Å²) in [6, 6.07) is 7.00. The van der Waals surface area contributed by atoms with Gasteiger partial charge < -0.3 is 5.32 Å². The van der Waals surface area contributed by atoms with Crippen molar-refractivity contribution in [2.24, 2.45) is 0 Å². The molecule has 0 saturated carbocycles. The fraction of sp³-hybridized carbons (Fsp3) is 0.353. The Bertz CT molecular complexity index is 688. The Hall–Kier alpha value is -1.99. The Balaban J connectivity index is 1.83. The van der Waals surface area contributed by atoms with Crippen molar-refractivity contribution in [2.75, 3.05) is 19.6 Å². The largest absolute Gasteiger partial charge is 0.419 e. The number of hydrogen-bond acceptors (Lipinski definition) is 3. The summed E-state index contributed by atoms with van der Waals surface area (Å²) >= 11 is 0. The summed E-state index contributed by atoms with van der Waals surface area (Å²) in [5.74, 6) is -1.24. The van der Waals surface area contributed by atoms with E-state index in [1.807, 2.05) is 12.1 Å². The predicted molar refractivity (Wildman–Crippen MR) is 81.7 cm³/mol. The molecule has 2 heterocycles. The summed E-state index contributed by atoms with van der Waals surface area (Å²) < 4.78 is 52.1. The minimum atomic E-state index is -4.69. The summed E-state index contributed by atoms with van der Waals surface area (Å²) in [7, 11) is 0. The molecule has 3 rings (SSSR count). The van der Waals surface area contributed by atoms with Crippen LogP contribution in [-0.4, -0.2) is 29.5 Å². The number of alkyl halides is 3. The van der Waals surface area contributed by atoms with Crippen molar-refractivity contribution in [3.63, 3.8) is 0 Å². The van der Waals surface area contributed by atoms with Gasteiger partial charge in [0.15, 0.2) is 0 Å². The average molecular weight is 339 g/mol. The zero-order valence-electron chi connectivity index (χ0n) is 12.9. The summed E-state index contributed by atoms with van der Waals surface area (Å²) in [5.41, 5.74) is 0.232. The van der Waals surface area contributed by atoms with Crippen LogP contribution in [0.5, 0.6) is 0 Å². The molecule has 0 spiro atoms. The van der Waals surface area contributed by atoms with Crippen LogP contribution in [0.2, 0.25) is 0 Å². The molecule has 0 bridgehead atoms. The lowest BCUT2D eigenvalue weighted by atomic mass is 10.0. The molecule has 24 heavy (non-hydrogen) atoms. The molecule has 7 heteroatoms. The van der Waals surface area contributed by atoms with Crippen molar-refractivity contribution in [3.05, 3.63) is 65.2 Å². The van der Waals surface area contributed by atoms with Crippen LogP contribution >= 0.6 is 0 Å². The van der Waals surface area contributed by atoms with Crippen molar-refractivity contribution in [1.29, 1.82) is 0 Å². The molecule has 3 nitrogen and oxygen atoms in total. The Morgan fingerprint density at radius 1 is 1.25 bits per heavy atom. The molecule has 0 radical (unpaired) electrons. The number of pyridine rings is 1. The Morgan fingerprint density at radius 2 is 2.08 bits per heavy atom. The highest BCUT2D eigenvalue weighted by Gasteiger charge is 2.34. The van der Waals surface area contributed by atoms with Gasteiger partial charge in [-0.2, -0.15) is 13.2 Å². The number of aromatic nitrogens is 1. The minimum absolute atomic E-state index is 0.0202. The molecule has 1 aliphatic heterocycles. The van der Waals surface area contributed by atoms with Crippen LogP contribution in [0, 0.1) is 5.82 Å². The molecule has 1 aromatic carbocycles. The van der Waals surface area contributed by atoms with Gasteiger partial charge in [0.1, 0.15) is 5.82 Å². The van der Waals surface area contributed by atoms with E-state index in [1.165, 1.54) is 6.07 Å². The Kier molecular flexibility index (Phi) is 4.82. The predicted octanol–water partition coefficient (Wildman–Crippen LogP) is 3.39. The third kappa shape index (κ3) is 3.73. The van der Waals surface area contributed by atoms with E-state index < -0.39 is 17.6 Å². The smallest absolute Gasteiger partial charge is 0.314 e. The number of halogens is 4. The van der Waals surface area contributed by atoms with Gasteiger partial charge in [-0.15, -0.1) is 0 Å². The van der Waals surface area contributed by atoms with E-state index >= 15 is 0 Å². The van der Waals surface area contributed by atoms with Crippen molar-refractivity contribution >= 4 is 0 Å². The first kappa shape index (κ1) is 16.9. The fourth-order valence-electron chi connectivity index (χ4n) is 2.96. The van der Waals surface area contributed by atoms with E-state index in [0.717, 1.165) is 24.2 Å². The van der Waals surface area contributed by atoms with Crippen LogP contribution in [0.15, 0.2) is 42.7 Å². The molecule has 0 amide bonds. The Labute approximate surface area is 137 Å². The van der Waals surface area contributed by atoms with Gasteiger partial charge in [0.2, 0.25) is 0 Å². The van der Waals surface area contributed by atoms with E-state index in [4.69, 9.17) is 0 Å². The standard InChI is InChI=1S/C17H17F4N3/c18-15-4-3-12(8-14(15)17(19,20)21)11-24-7-6-23-10-16(24)13-2-1-5-22-9-13/h1-5,8-9,16,23H,6-7,10-11H2. The van der Waals surface area contributed by atoms with Crippen LogP contribution in [0.4, 0.5) is 17.6 Å². The second-order valence-electron chi connectivity index (χ2n) is 5.79. The molecule has 1 N–H and O–H groups in total. The lowest BCUT2D eigenvalue weighted by Gasteiger charge is -2.36. The number of nitrogens with one attached hydrogen (secondary N) is 1. The third-order valence-corrected chi connectivity index (χ3v) is 4.15. The highest BCUT2D eigenvalue weighted by Crippen LogP contribution is 2.32. The van der Waals surface area contributed by atoms with Gasteiger partial charge >= 0.3 is 6.18 Å². The first-order chi connectivity index (χ1) is 11.4. The Morgan fingerprint density at radius 3 is 2.79 bits per heavy atom. The lowest BCUT2D eigenvalue weighted by Crippen LogP contribution is -2.45. The fourth-order valence-corrected chi connectivity index (χ4v) is 2.96. The minimum Gasteiger partial charge on any atom is -0.314 e. The lowest BCUT2D eigenvalue weighted by molar-refractivity contribution is -0.140. The molecule has 0 aliphatic carbocycles. The van der Waals surface area contributed by atoms with Crippen molar-refractivity contribution in [2.45, 2.75) is 18.8 Å². The topological polar surface area (TPSA) is 28.2 Å². The SMILES string of the molecule is Fc1ccc(CN2CCNCC2c2cccnc2)cc1C(F)(F)F. The highest BCUT2D eigenvalue weighted by atomic mass is 19.4. The summed E-state index contributed by atoms with van der Waals surface area (Å²) in [4.78, 5) is 6.19. The van der Waals surface area contributed by atoms with Gasteiger partial charge in [0, 0.05) is 44.6 Å². The van der Waals surface area contributed by atoms with E-state index in [-0.39, 0.29) is 6.04 Å². The molecule has 128 valence electrons. The number of benzene rings is 1. The number of nitrogens with zero attached hydrogens (tertiary/aromatic N) is 2. The maximum absolute atomic E-state index is 13.4. The molecular formula is C17H17F4N3. The second-order valence-corrected chi connectivity index (χ2v) is 5.79. The van der Waals surface area contributed by atoms with Gasteiger partial charge in [0.05, 0.1) is 5.56 Å². The van der Waals surface area contributed by atoms with E-state index in [0.29, 0.717) is 25.2 Å². The summed E-state index contributed by atoms with van der Waals surface area (Å²) in [5, 5.41) is 3.28. The molecule has 1 unspecified atom stereocenters. The molecule has 1 atom stereocenters. The third-order valence-electron chi connectivity index (χ3n) is 4.15. The van der Waals surface area contributed by atoms with Crippen molar-refractivity contribution < 1.29 is 17.6 Å². The summed E-state index contributed by atoms with van der Waals surface area (Å²) in [6.45, 7) is 2.46. The monoisotopic (exact) mass is 339 g/mol. The van der Waals surface area contributed by atoms with Crippen LogP contribution in [0.3, 0.4) is 0 Å². The van der Waals surface area contributed by atoms with E-state index in [2.05, 4.69) is 15.2 Å². The van der Waals surface area contributed by atoms with E-state index in [1.54, 1.807) is 12.4 Å². The molecular weight excluding hydrogens is 322 g/mol. The van der Waals surface area contributed by atoms with Gasteiger partial charge in [-0.25, -0.2) is 4.39 Å². The average Bonchev–Trinajstić information content (AvgIpc) is 2.57. The zero-order chi connectivity index (χ0) is 17.2. The molecule has 1 aromatic heterocycles. The molecule has 2 aromatic rings. The van der Waals surface area contributed by atoms with E-state index in [9.17, 15) is 17.6 Å². The number of piperazine rings is 1. The van der Waals surface area contributed by atoms with Gasteiger partial charge in [-0.05, 0) is 29.3 Å². The molecule has 1 fully saturated rings. The second kappa shape index (κ2) is 6.86. The van der Waals surface area contributed by atoms with Gasteiger partial charge in [-0.3, -0.25) is 9.88 Å².